The first-order valence-electron chi connectivity index (χ1n) is 9.41. The number of para-hydroxylation sites is 1. The van der Waals surface area contributed by atoms with Crippen LogP contribution in [0.2, 0.25) is 0 Å². The fourth-order valence-corrected chi connectivity index (χ4v) is 5.61. The summed E-state index contributed by atoms with van der Waals surface area (Å²) in [5.41, 5.74) is 2.41. The second kappa shape index (κ2) is 7.14. The molecule has 0 aliphatic carbocycles. The summed E-state index contributed by atoms with van der Waals surface area (Å²) in [5.74, 6) is 0. The highest BCUT2D eigenvalue weighted by molar-refractivity contribution is 7.89. The lowest BCUT2D eigenvalue weighted by Gasteiger charge is -2.32. The molecule has 0 spiro atoms. The van der Waals surface area contributed by atoms with Crippen molar-refractivity contribution in [3.8, 4) is 0 Å². The van der Waals surface area contributed by atoms with Gasteiger partial charge in [0.05, 0.1) is 22.1 Å². The molecule has 1 aliphatic rings. The van der Waals surface area contributed by atoms with Crippen LogP contribution in [0.5, 0.6) is 0 Å². The Morgan fingerprint density at radius 1 is 1.04 bits per heavy atom. The first-order valence-corrected chi connectivity index (χ1v) is 10.9. The maximum atomic E-state index is 13.0. The zero-order valence-electron chi connectivity index (χ0n) is 16.0. The van der Waals surface area contributed by atoms with Gasteiger partial charge in [-0.3, -0.25) is 9.36 Å². The Hall–Kier alpha value is -2.51. The number of fused-ring (bicyclic) bond motifs is 1. The Balaban J connectivity index is 1.57. The van der Waals surface area contributed by atoms with E-state index in [1.54, 1.807) is 23.0 Å². The van der Waals surface area contributed by atoms with Gasteiger partial charge in [0.25, 0.3) is 5.56 Å². The van der Waals surface area contributed by atoms with Crippen LogP contribution in [0, 0.1) is 13.8 Å². The first kappa shape index (κ1) is 18.8. The molecule has 146 valence electrons. The Labute approximate surface area is 164 Å². The predicted molar refractivity (Wildman–Crippen MR) is 109 cm³/mol. The van der Waals surface area contributed by atoms with Crippen molar-refractivity contribution in [2.24, 2.45) is 0 Å². The minimum absolute atomic E-state index is 0.0461. The molecule has 6 nitrogen and oxygen atoms in total. The normalized spacial score (nSPS) is 16.5. The third-order valence-corrected chi connectivity index (χ3v) is 7.51. The quantitative estimate of drug-likeness (QED) is 0.681. The Kier molecular flexibility index (Phi) is 4.81. The molecule has 0 amide bonds. The van der Waals surface area contributed by atoms with Crippen molar-refractivity contribution in [1.29, 1.82) is 0 Å². The van der Waals surface area contributed by atoms with Gasteiger partial charge >= 0.3 is 0 Å². The summed E-state index contributed by atoms with van der Waals surface area (Å²) >= 11 is 0. The molecule has 4 rings (SSSR count). The van der Waals surface area contributed by atoms with Gasteiger partial charge in [0.15, 0.2) is 0 Å². The number of benzene rings is 2. The highest BCUT2D eigenvalue weighted by atomic mass is 32.2. The van der Waals surface area contributed by atoms with E-state index < -0.39 is 10.0 Å². The molecule has 2 heterocycles. The molecule has 2 aromatic carbocycles. The summed E-state index contributed by atoms with van der Waals surface area (Å²) in [7, 11) is -3.53. The number of hydrogen-bond donors (Lipinski definition) is 0. The molecule has 0 N–H and O–H groups in total. The minimum Gasteiger partial charge on any atom is -0.296 e. The number of rotatable bonds is 3. The largest absolute Gasteiger partial charge is 0.296 e. The van der Waals surface area contributed by atoms with Gasteiger partial charge in [0.1, 0.15) is 0 Å². The Bertz CT molecular complexity index is 1190. The topological polar surface area (TPSA) is 72.3 Å². The summed E-state index contributed by atoms with van der Waals surface area (Å²) in [5, 5.41) is 0.593. The van der Waals surface area contributed by atoms with Gasteiger partial charge in [-0.05, 0) is 50.5 Å². The molecule has 28 heavy (non-hydrogen) atoms. The van der Waals surface area contributed by atoms with E-state index in [-0.39, 0.29) is 11.6 Å². The number of hydrogen-bond acceptors (Lipinski definition) is 4. The van der Waals surface area contributed by atoms with Crippen LogP contribution in [0.1, 0.15) is 30.0 Å². The summed E-state index contributed by atoms with van der Waals surface area (Å²) in [6, 6.07) is 12.6. The maximum absolute atomic E-state index is 13.0. The van der Waals surface area contributed by atoms with Gasteiger partial charge in [0, 0.05) is 19.1 Å². The minimum atomic E-state index is -3.53. The zero-order valence-corrected chi connectivity index (χ0v) is 16.8. The van der Waals surface area contributed by atoms with Crippen molar-refractivity contribution in [3.63, 3.8) is 0 Å². The molecule has 1 fully saturated rings. The molecule has 3 aromatic rings. The van der Waals surface area contributed by atoms with E-state index in [2.05, 4.69) is 4.98 Å². The number of sulfonamides is 1. The smallest absolute Gasteiger partial charge is 0.261 e. The van der Waals surface area contributed by atoms with Gasteiger partial charge in [0.2, 0.25) is 10.0 Å². The standard InChI is InChI=1S/C21H23N3O3S/c1-15-7-8-20(16(2)13-15)28(26,27)23-11-9-17(10-12-23)24-14-22-19-6-4-3-5-18(19)21(24)25/h3-8,13-14,17H,9-12H2,1-2H3. The van der Waals surface area contributed by atoms with Crippen LogP contribution in [0.15, 0.2) is 58.5 Å². The summed E-state index contributed by atoms with van der Waals surface area (Å²) in [4.78, 5) is 17.5. The molecule has 7 heteroatoms. The lowest BCUT2D eigenvalue weighted by Crippen LogP contribution is -2.41. The van der Waals surface area contributed by atoms with Crippen molar-refractivity contribution in [1.82, 2.24) is 13.9 Å². The third-order valence-electron chi connectivity index (χ3n) is 5.46. The summed E-state index contributed by atoms with van der Waals surface area (Å²) in [6.45, 7) is 4.55. The SMILES string of the molecule is Cc1ccc(S(=O)(=O)N2CCC(n3cnc4ccccc4c3=O)CC2)c(C)c1. The zero-order chi connectivity index (χ0) is 19.9. The lowest BCUT2D eigenvalue weighted by atomic mass is 10.1. The van der Waals surface area contributed by atoms with E-state index in [0.29, 0.717) is 41.7 Å². The van der Waals surface area contributed by atoms with Crippen LogP contribution in [0.3, 0.4) is 0 Å². The molecule has 1 saturated heterocycles. The monoisotopic (exact) mass is 397 g/mol. The van der Waals surface area contributed by atoms with Crippen molar-refractivity contribution in [2.75, 3.05) is 13.1 Å². The molecule has 0 atom stereocenters. The van der Waals surface area contributed by atoms with E-state index in [9.17, 15) is 13.2 Å². The Morgan fingerprint density at radius 3 is 2.46 bits per heavy atom. The van der Waals surface area contributed by atoms with Gasteiger partial charge in [-0.2, -0.15) is 4.31 Å². The lowest BCUT2D eigenvalue weighted by molar-refractivity contribution is 0.269. The van der Waals surface area contributed by atoms with Crippen molar-refractivity contribution in [2.45, 2.75) is 37.6 Å². The average molecular weight is 398 g/mol. The van der Waals surface area contributed by atoms with Crippen LogP contribution < -0.4 is 5.56 Å². The number of piperidine rings is 1. The molecule has 1 aromatic heterocycles. The van der Waals surface area contributed by atoms with E-state index in [4.69, 9.17) is 0 Å². The molecular weight excluding hydrogens is 374 g/mol. The van der Waals surface area contributed by atoms with Crippen molar-refractivity contribution < 1.29 is 8.42 Å². The first-order chi connectivity index (χ1) is 13.4. The average Bonchev–Trinajstić information content (AvgIpc) is 2.68. The van der Waals surface area contributed by atoms with Crippen LogP contribution >= 0.6 is 0 Å². The Morgan fingerprint density at radius 2 is 1.75 bits per heavy atom. The molecular formula is C21H23N3O3S. The molecule has 0 saturated carbocycles. The van der Waals surface area contributed by atoms with E-state index in [0.717, 1.165) is 11.1 Å². The van der Waals surface area contributed by atoms with Crippen LogP contribution in [0.25, 0.3) is 10.9 Å². The molecule has 0 radical (unpaired) electrons. The van der Waals surface area contributed by atoms with E-state index in [1.165, 1.54) is 4.31 Å². The second-order valence-electron chi connectivity index (χ2n) is 7.38. The van der Waals surface area contributed by atoms with Crippen molar-refractivity contribution >= 4 is 20.9 Å². The third kappa shape index (κ3) is 3.25. The van der Waals surface area contributed by atoms with Gasteiger partial charge < -0.3 is 0 Å². The molecule has 0 bridgehead atoms. The highest BCUT2D eigenvalue weighted by Gasteiger charge is 2.31. The summed E-state index contributed by atoms with van der Waals surface area (Å²) < 4.78 is 29.3. The highest BCUT2D eigenvalue weighted by Crippen LogP contribution is 2.28. The van der Waals surface area contributed by atoms with E-state index in [1.807, 2.05) is 44.2 Å². The predicted octanol–water partition coefficient (Wildman–Crippen LogP) is 3.04. The second-order valence-corrected chi connectivity index (χ2v) is 9.28. The maximum Gasteiger partial charge on any atom is 0.261 e. The van der Waals surface area contributed by atoms with Crippen LogP contribution in [0.4, 0.5) is 0 Å². The molecule has 0 unspecified atom stereocenters. The molecule has 1 aliphatic heterocycles. The van der Waals surface area contributed by atoms with Crippen molar-refractivity contribution in [3.05, 3.63) is 70.3 Å². The van der Waals surface area contributed by atoms with Crippen LogP contribution in [-0.4, -0.2) is 35.4 Å². The fourth-order valence-electron chi connectivity index (χ4n) is 3.93. The van der Waals surface area contributed by atoms with Gasteiger partial charge in [-0.15, -0.1) is 0 Å². The number of aromatic nitrogens is 2. The number of nitrogens with zero attached hydrogens (tertiary/aromatic N) is 3. The van der Waals surface area contributed by atoms with Gasteiger partial charge in [-0.25, -0.2) is 13.4 Å². The van der Waals surface area contributed by atoms with Crippen LogP contribution in [-0.2, 0) is 10.0 Å². The summed E-state index contributed by atoms with van der Waals surface area (Å²) in [6.07, 6.45) is 2.76. The fraction of sp³-hybridized carbons (Fsp3) is 0.333. The number of aryl methyl sites for hydroxylation is 2. The van der Waals surface area contributed by atoms with E-state index >= 15 is 0 Å². The van der Waals surface area contributed by atoms with Gasteiger partial charge in [-0.1, -0.05) is 29.8 Å².